The van der Waals surface area contributed by atoms with Gasteiger partial charge < -0.3 is 14.8 Å². The van der Waals surface area contributed by atoms with E-state index >= 15 is 0 Å². The maximum Gasteiger partial charge on any atom is 0.325 e. The predicted octanol–water partition coefficient (Wildman–Crippen LogP) is 2.81. The second kappa shape index (κ2) is 6.67. The Morgan fingerprint density at radius 3 is 2.42 bits per heavy atom. The molecule has 7 heteroatoms. The lowest BCUT2D eigenvalue weighted by Gasteiger charge is -2.23. The number of nitrogens with zero attached hydrogens (tertiary/aromatic N) is 1. The first-order chi connectivity index (χ1) is 12.4. The van der Waals surface area contributed by atoms with E-state index in [2.05, 4.69) is 5.32 Å². The minimum Gasteiger partial charge on any atom is -0.493 e. The molecule has 0 unspecified atom stereocenters. The molecule has 2 aromatic carbocycles. The number of carbonyl (C=O) groups is 2. The number of amides is 3. The Kier molecular flexibility index (Phi) is 4.54. The third kappa shape index (κ3) is 2.85. The summed E-state index contributed by atoms with van der Waals surface area (Å²) in [5, 5.41) is 2.69. The van der Waals surface area contributed by atoms with Crippen molar-refractivity contribution in [1.29, 1.82) is 0 Å². The quantitative estimate of drug-likeness (QED) is 0.835. The van der Waals surface area contributed by atoms with Gasteiger partial charge in [0.1, 0.15) is 11.4 Å². The maximum absolute atomic E-state index is 13.9. The smallest absolute Gasteiger partial charge is 0.325 e. The second-order valence-corrected chi connectivity index (χ2v) is 6.11. The fourth-order valence-corrected chi connectivity index (χ4v) is 2.98. The molecule has 6 nitrogen and oxygen atoms in total. The molecule has 0 aromatic heterocycles. The normalized spacial score (nSPS) is 19.5. The topological polar surface area (TPSA) is 67.9 Å². The number of benzene rings is 2. The van der Waals surface area contributed by atoms with Gasteiger partial charge in [-0.3, -0.25) is 9.69 Å². The molecule has 0 aliphatic carbocycles. The van der Waals surface area contributed by atoms with Gasteiger partial charge in [0.05, 0.1) is 20.8 Å². The van der Waals surface area contributed by atoms with Gasteiger partial charge >= 0.3 is 6.03 Å². The minimum atomic E-state index is -1.28. The molecular weight excluding hydrogens is 339 g/mol. The first-order valence-corrected chi connectivity index (χ1v) is 8.00. The van der Waals surface area contributed by atoms with Crippen molar-refractivity contribution in [3.05, 3.63) is 59.4 Å². The number of carbonyl (C=O) groups excluding carboxylic acids is 2. The van der Waals surface area contributed by atoms with E-state index < -0.39 is 23.3 Å². The highest BCUT2D eigenvalue weighted by Crippen LogP contribution is 2.35. The van der Waals surface area contributed by atoms with Crippen LogP contribution in [-0.4, -0.2) is 31.1 Å². The predicted molar refractivity (Wildman–Crippen MR) is 92.4 cm³/mol. The summed E-state index contributed by atoms with van der Waals surface area (Å²) in [6.45, 7) is 1.47. The third-order valence-electron chi connectivity index (χ3n) is 4.52. The molecular formula is C19H19FN2O4. The summed E-state index contributed by atoms with van der Waals surface area (Å²) in [7, 11) is 3.00. The molecule has 1 saturated heterocycles. The summed E-state index contributed by atoms with van der Waals surface area (Å²) in [4.78, 5) is 26.3. The molecule has 0 radical (unpaired) electrons. The van der Waals surface area contributed by atoms with Crippen LogP contribution in [0.15, 0.2) is 42.5 Å². The van der Waals surface area contributed by atoms with Crippen molar-refractivity contribution in [2.24, 2.45) is 0 Å². The molecule has 26 heavy (non-hydrogen) atoms. The monoisotopic (exact) mass is 358 g/mol. The van der Waals surface area contributed by atoms with E-state index in [4.69, 9.17) is 9.47 Å². The van der Waals surface area contributed by atoms with Crippen molar-refractivity contribution in [2.75, 3.05) is 14.2 Å². The van der Waals surface area contributed by atoms with E-state index in [-0.39, 0.29) is 12.1 Å². The van der Waals surface area contributed by atoms with Gasteiger partial charge in [0, 0.05) is 5.56 Å². The SMILES string of the molecule is COc1ccc([C@@]2(C)NC(=O)N(Cc3ccccc3F)C2=O)cc1OC. The van der Waals surface area contributed by atoms with Crippen LogP contribution in [-0.2, 0) is 16.9 Å². The van der Waals surface area contributed by atoms with Crippen molar-refractivity contribution < 1.29 is 23.5 Å². The first-order valence-electron chi connectivity index (χ1n) is 8.00. The molecule has 136 valence electrons. The lowest BCUT2D eigenvalue weighted by molar-refractivity contribution is -0.131. The van der Waals surface area contributed by atoms with Crippen LogP contribution in [0.2, 0.25) is 0 Å². The van der Waals surface area contributed by atoms with Gasteiger partial charge in [-0.25, -0.2) is 9.18 Å². The number of halogens is 1. The average Bonchev–Trinajstić information content (AvgIpc) is 2.86. The zero-order chi connectivity index (χ0) is 18.9. The second-order valence-electron chi connectivity index (χ2n) is 6.11. The number of urea groups is 1. The number of imide groups is 1. The summed E-state index contributed by atoms with van der Waals surface area (Å²) in [5.74, 6) is 0.0338. The zero-order valence-corrected chi connectivity index (χ0v) is 14.7. The summed E-state index contributed by atoms with van der Waals surface area (Å²) < 4.78 is 24.4. The summed E-state index contributed by atoms with van der Waals surface area (Å²) in [5.41, 5.74) is -0.459. The van der Waals surface area contributed by atoms with Crippen LogP contribution in [0, 0.1) is 5.82 Å². The van der Waals surface area contributed by atoms with Crippen molar-refractivity contribution >= 4 is 11.9 Å². The number of hydrogen-bond donors (Lipinski definition) is 1. The van der Waals surface area contributed by atoms with Gasteiger partial charge in [-0.1, -0.05) is 24.3 Å². The Morgan fingerprint density at radius 1 is 1.08 bits per heavy atom. The molecule has 1 atom stereocenters. The molecule has 3 amide bonds. The number of methoxy groups -OCH3 is 2. The average molecular weight is 358 g/mol. The lowest BCUT2D eigenvalue weighted by atomic mass is 9.91. The van der Waals surface area contributed by atoms with Crippen LogP contribution in [0.4, 0.5) is 9.18 Å². The van der Waals surface area contributed by atoms with E-state index in [0.29, 0.717) is 17.1 Å². The highest BCUT2D eigenvalue weighted by Gasteiger charge is 2.49. The number of nitrogens with one attached hydrogen (secondary N) is 1. The van der Waals surface area contributed by atoms with Crippen LogP contribution in [0.1, 0.15) is 18.1 Å². The van der Waals surface area contributed by atoms with Crippen LogP contribution >= 0.6 is 0 Å². The van der Waals surface area contributed by atoms with Crippen LogP contribution < -0.4 is 14.8 Å². The first kappa shape index (κ1) is 17.7. The number of rotatable bonds is 5. The van der Waals surface area contributed by atoms with E-state index in [1.807, 2.05) is 0 Å². The standard InChI is InChI=1S/C19H19FN2O4/c1-19(13-8-9-15(25-2)16(10-13)26-3)17(23)22(18(24)21-19)11-12-6-4-5-7-14(12)20/h4-10H,11H2,1-3H3,(H,21,24)/t19-/m1/s1. The molecule has 0 bridgehead atoms. The highest BCUT2D eigenvalue weighted by molar-refractivity contribution is 6.07. The van der Waals surface area contributed by atoms with E-state index in [0.717, 1.165) is 4.90 Å². The van der Waals surface area contributed by atoms with E-state index in [1.54, 1.807) is 43.3 Å². The summed E-state index contributed by atoms with van der Waals surface area (Å²) >= 11 is 0. The van der Waals surface area contributed by atoms with Gasteiger partial charge in [0.25, 0.3) is 5.91 Å². The fourth-order valence-electron chi connectivity index (χ4n) is 2.98. The summed E-state index contributed by atoms with van der Waals surface area (Å²) in [6.07, 6.45) is 0. The van der Waals surface area contributed by atoms with Gasteiger partial charge in [0.2, 0.25) is 0 Å². The van der Waals surface area contributed by atoms with Crippen molar-refractivity contribution in [2.45, 2.75) is 19.0 Å². The Hall–Kier alpha value is -3.09. The number of hydrogen-bond acceptors (Lipinski definition) is 4. The van der Waals surface area contributed by atoms with Crippen LogP contribution in [0.25, 0.3) is 0 Å². The molecule has 1 fully saturated rings. The van der Waals surface area contributed by atoms with Gasteiger partial charge in [-0.15, -0.1) is 0 Å². The van der Waals surface area contributed by atoms with Gasteiger partial charge in [-0.2, -0.15) is 0 Å². The van der Waals surface area contributed by atoms with Crippen LogP contribution in [0.5, 0.6) is 11.5 Å². The lowest BCUT2D eigenvalue weighted by Crippen LogP contribution is -2.40. The van der Waals surface area contributed by atoms with Crippen LogP contribution in [0.3, 0.4) is 0 Å². The van der Waals surface area contributed by atoms with Crippen molar-refractivity contribution in [1.82, 2.24) is 10.2 Å². The Morgan fingerprint density at radius 2 is 1.77 bits per heavy atom. The zero-order valence-electron chi connectivity index (χ0n) is 14.7. The third-order valence-corrected chi connectivity index (χ3v) is 4.52. The molecule has 1 heterocycles. The van der Waals surface area contributed by atoms with E-state index in [9.17, 15) is 14.0 Å². The highest BCUT2D eigenvalue weighted by atomic mass is 19.1. The number of ether oxygens (including phenoxy) is 2. The van der Waals surface area contributed by atoms with Crippen molar-refractivity contribution in [3.63, 3.8) is 0 Å². The Balaban J connectivity index is 1.93. The largest absolute Gasteiger partial charge is 0.493 e. The molecule has 0 spiro atoms. The molecule has 1 aliphatic heterocycles. The fraction of sp³-hybridized carbons (Fsp3) is 0.263. The van der Waals surface area contributed by atoms with Gasteiger partial charge in [0.15, 0.2) is 11.5 Å². The minimum absolute atomic E-state index is 0.139. The Bertz CT molecular complexity index is 870. The molecule has 1 aliphatic rings. The molecule has 3 rings (SSSR count). The summed E-state index contributed by atoms with van der Waals surface area (Å²) in [6, 6.07) is 10.5. The van der Waals surface area contributed by atoms with Gasteiger partial charge in [-0.05, 0) is 30.7 Å². The molecule has 0 saturated carbocycles. The Labute approximate surface area is 150 Å². The maximum atomic E-state index is 13.9. The molecule has 2 aromatic rings. The van der Waals surface area contributed by atoms with E-state index in [1.165, 1.54) is 20.3 Å². The molecule has 1 N–H and O–H groups in total. The van der Waals surface area contributed by atoms with Crippen molar-refractivity contribution in [3.8, 4) is 11.5 Å².